The molecule has 0 fully saturated rings. The van der Waals surface area contributed by atoms with Crippen LogP contribution in [-0.2, 0) is 16.0 Å². The zero-order valence-electron chi connectivity index (χ0n) is 28.3. The van der Waals surface area contributed by atoms with Crippen molar-refractivity contribution in [3.05, 3.63) is 179 Å². The summed E-state index contributed by atoms with van der Waals surface area (Å²) in [4.78, 5) is 41.4. The maximum Gasteiger partial charge on any atom is 0.272 e. The molecule has 0 aliphatic carbocycles. The Balaban J connectivity index is 1.21. The van der Waals surface area contributed by atoms with Gasteiger partial charge in [-0.2, -0.15) is 0 Å². The second kappa shape index (κ2) is 16.5. The van der Waals surface area contributed by atoms with Crippen molar-refractivity contribution in [3.63, 3.8) is 0 Å². The highest BCUT2D eigenvalue weighted by atomic mass is 32.2. The van der Waals surface area contributed by atoms with E-state index in [2.05, 4.69) is 22.9 Å². The molecular weight excluding hydrogens is 655 g/mol. The molecule has 1 atom stereocenters. The molecule has 8 heteroatoms. The van der Waals surface area contributed by atoms with Crippen LogP contribution in [0.3, 0.4) is 0 Å². The number of hydrogen-bond acceptors (Lipinski definition) is 5. The fraction of sp³-hybridized carbons (Fsp3) is 0.0930. The number of furan rings is 1. The molecule has 6 rings (SSSR count). The molecule has 0 bridgehead atoms. The molecule has 0 aliphatic rings. The first-order chi connectivity index (χ1) is 24.9. The summed E-state index contributed by atoms with van der Waals surface area (Å²) in [6.07, 6.45) is 2.31. The van der Waals surface area contributed by atoms with Crippen molar-refractivity contribution in [2.75, 3.05) is 10.6 Å². The van der Waals surface area contributed by atoms with Crippen molar-refractivity contribution in [2.24, 2.45) is 0 Å². The van der Waals surface area contributed by atoms with E-state index in [1.54, 1.807) is 42.5 Å². The lowest BCUT2D eigenvalue weighted by molar-refractivity contribution is -0.116. The van der Waals surface area contributed by atoms with Crippen LogP contribution in [0, 0.1) is 6.92 Å². The van der Waals surface area contributed by atoms with Crippen LogP contribution in [0.5, 0.6) is 0 Å². The fourth-order valence-electron chi connectivity index (χ4n) is 5.52. The summed E-state index contributed by atoms with van der Waals surface area (Å²) < 4.78 is 6.01. The quantitative estimate of drug-likeness (QED) is 0.0877. The lowest BCUT2D eigenvalue weighted by Gasteiger charge is -2.20. The number of carbonyl (C=O) groups excluding carboxylic acids is 3. The minimum atomic E-state index is -0.524. The monoisotopic (exact) mass is 691 g/mol. The lowest BCUT2D eigenvalue weighted by Crippen LogP contribution is -2.30. The number of para-hydroxylation sites is 1. The number of nitrogens with one attached hydrogen (secondary N) is 3. The maximum atomic E-state index is 13.8. The molecule has 0 saturated heterocycles. The predicted molar refractivity (Wildman–Crippen MR) is 205 cm³/mol. The van der Waals surface area contributed by atoms with Gasteiger partial charge in [0.2, 0.25) is 5.91 Å². The van der Waals surface area contributed by atoms with Gasteiger partial charge in [-0.05, 0) is 78.6 Å². The van der Waals surface area contributed by atoms with Gasteiger partial charge in [0, 0.05) is 33.5 Å². The van der Waals surface area contributed by atoms with E-state index in [1.807, 2.05) is 110 Å². The summed E-state index contributed by atoms with van der Waals surface area (Å²) in [6.45, 7) is 4.07. The first-order valence-electron chi connectivity index (χ1n) is 16.6. The average molecular weight is 692 g/mol. The third-order valence-corrected chi connectivity index (χ3v) is 9.46. The van der Waals surface area contributed by atoms with E-state index in [9.17, 15) is 14.4 Å². The van der Waals surface area contributed by atoms with E-state index in [0.29, 0.717) is 22.8 Å². The molecule has 7 nitrogen and oxygen atoms in total. The standard InChI is InChI=1S/C43H37N3O4S/c1-3-30-21-13-14-29(2)39(30)46-43(49)40(32-17-9-5-10-18-32)51-36-25-22-34(23-26-36)44-42(48)37(45-41(47)33-19-11-6-12-20-33)28-35-24-27-38(50-35)31-15-7-4-8-16-31/h4-28,40H,3H2,1-2H3,(H,44,48)(H,45,47)(H,46,49)/b37-28+. The van der Waals surface area contributed by atoms with Gasteiger partial charge >= 0.3 is 0 Å². The summed E-state index contributed by atoms with van der Waals surface area (Å²) in [6, 6.07) is 44.8. The molecule has 0 saturated carbocycles. The van der Waals surface area contributed by atoms with Crippen LogP contribution in [0.2, 0.25) is 0 Å². The second-order valence-corrected chi connectivity index (χ2v) is 13.0. The Labute approximate surface area is 301 Å². The molecule has 5 aromatic carbocycles. The summed E-state index contributed by atoms with van der Waals surface area (Å²) >= 11 is 1.43. The Morgan fingerprint density at radius 3 is 2.08 bits per heavy atom. The van der Waals surface area contributed by atoms with Gasteiger partial charge in [-0.25, -0.2) is 0 Å². The van der Waals surface area contributed by atoms with Gasteiger partial charge in [-0.3, -0.25) is 14.4 Å². The van der Waals surface area contributed by atoms with Crippen LogP contribution in [0.25, 0.3) is 17.4 Å². The van der Waals surface area contributed by atoms with Crippen molar-refractivity contribution in [2.45, 2.75) is 30.4 Å². The first kappa shape index (κ1) is 34.7. The molecule has 3 amide bonds. The SMILES string of the molecule is CCc1cccc(C)c1NC(=O)C(Sc1ccc(NC(=O)/C(=C\c2ccc(-c3ccccc3)o2)NC(=O)c2ccccc2)cc1)c1ccccc1. The Morgan fingerprint density at radius 1 is 0.725 bits per heavy atom. The van der Waals surface area contributed by atoms with Crippen molar-refractivity contribution in [3.8, 4) is 11.3 Å². The van der Waals surface area contributed by atoms with Crippen LogP contribution in [0.15, 0.2) is 161 Å². The van der Waals surface area contributed by atoms with E-state index < -0.39 is 17.1 Å². The second-order valence-electron chi connectivity index (χ2n) is 11.8. The Hall–Kier alpha value is -6.12. The number of hydrogen-bond donors (Lipinski definition) is 3. The van der Waals surface area contributed by atoms with Gasteiger partial charge in [0.25, 0.3) is 11.8 Å². The van der Waals surface area contributed by atoms with Gasteiger partial charge < -0.3 is 20.4 Å². The van der Waals surface area contributed by atoms with Gasteiger partial charge in [0.05, 0.1) is 0 Å². The Morgan fingerprint density at radius 2 is 1.39 bits per heavy atom. The Bertz CT molecular complexity index is 2140. The number of amides is 3. The average Bonchev–Trinajstić information content (AvgIpc) is 3.64. The lowest BCUT2D eigenvalue weighted by atomic mass is 10.1. The topological polar surface area (TPSA) is 100 Å². The summed E-state index contributed by atoms with van der Waals surface area (Å²) in [5.74, 6) is -0.0355. The van der Waals surface area contributed by atoms with E-state index >= 15 is 0 Å². The summed E-state index contributed by atoms with van der Waals surface area (Å²) in [5, 5.41) is 8.32. The van der Waals surface area contributed by atoms with E-state index in [0.717, 1.165) is 39.3 Å². The largest absolute Gasteiger partial charge is 0.457 e. The molecular formula is C43H37N3O4S. The smallest absolute Gasteiger partial charge is 0.272 e. The van der Waals surface area contributed by atoms with Gasteiger partial charge in [-0.1, -0.05) is 104 Å². The fourth-order valence-corrected chi connectivity index (χ4v) is 6.54. The Kier molecular flexibility index (Phi) is 11.3. The summed E-state index contributed by atoms with van der Waals surface area (Å²) in [5.41, 5.74) is 5.64. The normalized spacial score (nSPS) is 11.8. The molecule has 6 aromatic rings. The molecule has 0 radical (unpaired) electrons. The van der Waals surface area contributed by atoms with Crippen molar-refractivity contribution in [1.29, 1.82) is 0 Å². The van der Waals surface area contributed by atoms with Crippen molar-refractivity contribution >= 4 is 46.9 Å². The number of aryl methyl sites for hydroxylation is 2. The van der Waals surface area contributed by atoms with Crippen LogP contribution < -0.4 is 16.0 Å². The number of thioether (sulfide) groups is 1. The van der Waals surface area contributed by atoms with Crippen LogP contribution in [0.1, 0.15) is 45.0 Å². The molecule has 1 heterocycles. The number of anilines is 2. The van der Waals surface area contributed by atoms with Crippen molar-refractivity contribution in [1.82, 2.24) is 5.32 Å². The van der Waals surface area contributed by atoms with E-state index in [-0.39, 0.29) is 11.6 Å². The first-order valence-corrected chi connectivity index (χ1v) is 17.5. The highest BCUT2D eigenvalue weighted by Crippen LogP contribution is 2.37. The maximum absolute atomic E-state index is 13.8. The van der Waals surface area contributed by atoms with Crippen LogP contribution in [-0.4, -0.2) is 17.7 Å². The molecule has 51 heavy (non-hydrogen) atoms. The molecule has 254 valence electrons. The summed E-state index contributed by atoms with van der Waals surface area (Å²) in [7, 11) is 0. The van der Waals surface area contributed by atoms with Crippen LogP contribution in [0.4, 0.5) is 11.4 Å². The molecule has 0 aliphatic heterocycles. The predicted octanol–water partition coefficient (Wildman–Crippen LogP) is 9.70. The van der Waals surface area contributed by atoms with Gasteiger partial charge in [-0.15, -0.1) is 11.8 Å². The third kappa shape index (κ3) is 8.92. The third-order valence-electron chi connectivity index (χ3n) is 8.20. The molecule has 1 aromatic heterocycles. The van der Waals surface area contributed by atoms with Crippen molar-refractivity contribution < 1.29 is 18.8 Å². The van der Waals surface area contributed by atoms with Gasteiger partial charge in [0.15, 0.2) is 0 Å². The molecule has 1 unspecified atom stereocenters. The van der Waals surface area contributed by atoms with Gasteiger partial charge in [0.1, 0.15) is 22.5 Å². The molecule has 3 N–H and O–H groups in total. The number of benzene rings is 5. The zero-order chi connectivity index (χ0) is 35.6. The number of carbonyl (C=O) groups is 3. The van der Waals surface area contributed by atoms with E-state index in [4.69, 9.17) is 4.42 Å². The highest BCUT2D eigenvalue weighted by molar-refractivity contribution is 8.00. The zero-order valence-corrected chi connectivity index (χ0v) is 29.1. The van der Waals surface area contributed by atoms with E-state index in [1.165, 1.54) is 17.8 Å². The van der Waals surface area contributed by atoms with Crippen LogP contribution >= 0.6 is 11.8 Å². The molecule has 0 spiro atoms. The minimum Gasteiger partial charge on any atom is -0.457 e. The highest BCUT2D eigenvalue weighted by Gasteiger charge is 2.24. The number of rotatable bonds is 12. The minimum absolute atomic E-state index is 0.0136.